The molecule has 4 heterocycles. The van der Waals surface area contributed by atoms with Gasteiger partial charge in [-0.2, -0.15) is 5.10 Å². The Morgan fingerprint density at radius 3 is 2.71 bits per heavy atom. The van der Waals surface area contributed by atoms with Gasteiger partial charge in [-0.3, -0.25) is 14.0 Å². The van der Waals surface area contributed by atoms with Crippen molar-refractivity contribution in [2.24, 2.45) is 5.73 Å². The number of imidazole rings is 1. The number of carbonyl (C=O) groups excluding carboxylic acids is 1. The molecular formula is C15H19N9O4. The van der Waals surface area contributed by atoms with Crippen LogP contribution in [0.3, 0.4) is 0 Å². The van der Waals surface area contributed by atoms with Crippen molar-refractivity contribution in [1.82, 2.24) is 34.3 Å². The molecule has 0 saturated carbocycles. The maximum absolute atomic E-state index is 11.6. The third-order valence-electron chi connectivity index (χ3n) is 4.52. The minimum Gasteiger partial charge on any atom is -0.387 e. The van der Waals surface area contributed by atoms with Gasteiger partial charge in [0.05, 0.1) is 6.33 Å². The second-order valence-electron chi connectivity index (χ2n) is 6.22. The van der Waals surface area contributed by atoms with Crippen LogP contribution in [-0.2, 0) is 11.3 Å². The molecule has 0 unspecified atom stereocenters. The average Bonchev–Trinajstić information content (AvgIpc) is 3.39. The zero-order valence-electron chi connectivity index (χ0n) is 15.1. The molecular weight excluding hydrogens is 370 g/mol. The fourth-order valence-corrected chi connectivity index (χ4v) is 3.08. The highest BCUT2D eigenvalue weighted by molar-refractivity contribution is 5.93. The van der Waals surface area contributed by atoms with Gasteiger partial charge in [0.15, 0.2) is 35.1 Å². The number of hydrogen-bond donors (Lipinski definition) is 4. The first-order chi connectivity index (χ1) is 13.4. The Bertz CT molecular complexity index is 1030. The molecule has 5 N–H and O–H groups in total. The van der Waals surface area contributed by atoms with Crippen LogP contribution in [0.2, 0.25) is 0 Å². The summed E-state index contributed by atoms with van der Waals surface area (Å²) in [6, 6.07) is 0. The van der Waals surface area contributed by atoms with Crippen molar-refractivity contribution in [3.63, 3.8) is 0 Å². The van der Waals surface area contributed by atoms with Gasteiger partial charge in [0.25, 0.3) is 5.91 Å². The smallest absolute Gasteiger partial charge is 0.286 e. The molecule has 1 amide bonds. The van der Waals surface area contributed by atoms with E-state index in [2.05, 4.69) is 30.4 Å². The number of hydrogen-bond acceptors (Lipinski definition) is 10. The lowest BCUT2D eigenvalue weighted by Crippen LogP contribution is -2.29. The van der Waals surface area contributed by atoms with Crippen molar-refractivity contribution in [3.8, 4) is 0 Å². The van der Waals surface area contributed by atoms with Crippen molar-refractivity contribution in [1.29, 1.82) is 0 Å². The summed E-state index contributed by atoms with van der Waals surface area (Å²) < 4.78 is 8.84. The molecule has 3 aromatic rings. The third kappa shape index (κ3) is 2.76. The molecule has 13 nitrogen and oxygen atoms in total. The molecule has 1 aliphatic rings. The van der Waals surface area contributed by atoms with Gasteiger partial charge in [-0.1, -0.05) is 0 Å². The lowest BCUT2D eigenvalue weighted by molar-refractivity contribution is -0.0383. The fraction of sp³-hybridized carbons (Fsp3) is 0.467. The second kappa shape index (κ2) is 6.78. The van der Waals surface area contributed by atoms with Gasteiger partial charge in [0.1, 0.15) is 18.5 Å². The number of primary amides is 1. The zero-order chi connectivity index (χ0) is 20.0. The van der Waals surface area contributed by atoms with Crippen LogP contribution in [0, 0.1) is 0 Å². The molecule has 28 heavy (non-hydrogen) atoms. The van der Waals surface area contributed by atoms with E-state index in [1.807, 2.05) is 6.92 Å². The number of aryl methyl sites for hydroxylation is 1. The quantitative estimate of drug-likeness (QED) is 0.404. The Morgan fingerprint density at radius 1 is 1.29 bits per heavy atom. The molecule has 1 fully saturated rings. The number of aliphatic hydroxyl groups is 2. The second-order valence-corrected chi connectivity index (χ2v) is 6.22. The number of anilines is 1. The van der Waals surface area contributed by atoms with Gasteiger partial charge in [-0.25, -0.2) is 19.9 Å². The van der Waals surface area contributed by atoms with Crippen LogP contribution in [0.15, 0.2) is 12.7 Å². The summed E-state index contributed by atoms with van der Waals surface area (Å²) in [4.78, 5) is 28.1. The maximum atomic E-state index is 11.6. The number of ether oxygens (including phenoxy) is 1. The summed E-state index contributed by atoms with van der Waals surface area (Å²) in [5.41, 5.74) is 5.88. The van der Waals surface area contributed by atoms with E-state index in [-0.39, 0.29) is 17.3 Å². The zero-order valence-corrected chi connectivity index (χ0v) is 15.1. The summed E-state index contributed by atoms with van der Waals surface area (Å²) in [7, 11) is 1.61. The van der Waals surface area contributed by atoms with Crippen LogP contribution in [0.4, 0.5) is 5.82 Å². The predicted molar refractivity (Wildman–Crippen MR) is 94.0 cm³/mol. The third-order valence-corrected chi connectivity index (χ3v) is 4.52. The van der Waals surface area contributed by atoms with E-state index in [4.69, 9.17) is 10.5 Å². The standard InChI is InChI=1S/C15H19N9O4/c1-3-23-4-19-12(22-23)9-7(25)8(26)15(28-9)24-5-18-6-11(17-2)20-13(10(16)27)21-14(6)24/h4-5,7-9,15,25-26H,3H2,1-2H3,(H2,16,27)(H,17,20,21)/t7-,8+,9-,15+/m0/s1. The Morgan fingerprint density at radius 2 is 2.07 bits per heavy atom. The van der Waals surface area contributed by atoms with Gasteiger partial charge >= 0.3 is 0 Å². The van der Waals surface area contributed by atoms with Crippen LogP contribution in [0.1, 0.15) is 35.7 Å². The monoisotopic (exact) mass is 389 g/mol. The van der Waals surface area contributed by atoms with Gasteiger partial charge in [0, 0.05) is 13.6 Å². The van der Waals surface area contributed by atoms with Crippen LogP contribution < -0.4 is 11.1 Å². The first-order valence-electron chi connectivity index (χ1n) is 8.57. The first-order valence-corrected chi connectivity index (χ1v) is 8.57. The molecule has 4 atom stereocenters. The summed E-state index contributed by atoms with van der Waals surface area (Å²) in [6.07, 6.45) is -1.64. The van der Waals surface area contributed by atoms with Crippen molar-refractivity contribution in [3.05, 3.63) is 24.3 Å². The number of carbonyl (C=O) groups is 1. The van der Waals surface area contributed by atoms with E-state index in [1.54, 1.807) is 11.7 Å². The molecule has 0 radical (unpaired) electrons. The number of nitrogens with zero attached hydrogens (tertiary/aromatic N) is 7. The number of rotatable bonds is 5. The fourth-order valence-electron chi connectivity index (χ4n) is 3.08. The van der Waals surface area contributed by atoms with E-state index < -0.39 is 30.4 Å². The number of fused-ring (bicyclic) bond motifs is 1. The van der Waals surface area contributed by atoms with E-state index in [1.165, 1.54) is 17.2 Å². The summed E-state index contributed by atoms with van der Waals surface area (Å²) in [6.45, 7) is 2.50. The molecule has 0 aromatic carbocycles. The highest BCUT2D eigenvalue weighted by Crippen LogP contribution is 2.38. The van der Waals surface area contributed by atoms with Gasteiger partial charge in [-0.15, -0.1) is 0 Å². The Kier molecular flexibility index (Phi) is 4.41. The maximum Gasteiger partial charge on any atom is 0.286 e. The number of aromatic nitrogens is 7. The minimum absolute atomic E-state index is 0.216. The van der Waals surface area contributed by atoms with Crippen molar-refractivity contribution in [2.45, 2.75) is 38.0 Å². The first kappa shape index (κ1) is 18.2. The van der Waals surface area contributed by atoms with Crippen molar-refractivity contribution < 1.29 is 19.7 Å². The van der Waals surface area contributed by atoms with Crippen LogP contribution in [-0.4, -0.2) is 69.7 Å². The number of aliphatic hydroxyl groups excluding tert-OH is 2. The average molecular weight is 389 g/mol. The van der Waals surface area contributed by atoms with Crippen molar-refractivity contribution in [2.75, 3.05) is 12.4 Å². The Labute approximate surface area is 158 Å². The molecule has 4 rings (SSSR count). The molecule has 1 aliphatic heterocycles. The Balaban J connectivity index is 1.75. The minimum atomic E-state index is -1.30. The van der Waals surface area contributed by atoms with Crippen LogP contribution >= 0.6 is 0 Å². The van der Waals surface area contributed by atoms with Crippen LogP contribution in [0.5, 0.6) is 0 Å². The van der Waals surface area contributed by atoms with E-state index in [0.29, 0.717) is 17.9 Å². The van der Waals surface area contributed by atoms with Gasteiger partial charge in [0.2, 0.25) is 5.82 Å². The normalized spacial score (nSPS) is 24.7. The van der Waals surface area contributed by atoms with E-state index >= 15 is 0 Å². The lowest BCUT2D eigenvalue weighted by atomic mass is 10.1. The number of nitrogens with one attached hydrogen (secondary N) is 1. The number of amides is 1. The predicted octanol–water partition coefficient (Wildman–Crippen LogP) is -1.43. The van der Waals surface area contributed by atoms with Crippen LogP contribution in [0.25, 0.3) is 11.2 Å². The molecule has 3 aromatic heterocycles. The summed E-state index contributed by atoms with van der Waals surface area (Å²) in [5.74, 6) is -0.480. The molecule has 13 heteroatoms. The molecule has 0 spiro atoms. The highest BCUT2D eigenvalue weighted by atomic mass is 16.6. The van der Waals surface area contributed by atoms with Gasteiger partial charge in [-0.05, 0) is 6.92 Å². The highest BCUT2D eigenvalue weighted by Gasteiger charge is 2.46. The van der Waals surface area contributed by atoms with Crippen molar-refractivity contribution >= 4 is 22.9 Å². The Hall–Kier alpha value is -3.16. The molecule has 148 valence electrons. The largest absolute Gasteiger partial charge is 0.387 e. The molecule has 1 saturated heterocycles. The van der Waals surface area contributed by atoms with Gasteiger partial charge < -0.3 is 26.0 Å². The molecule has 0 aliphatic carbocycles. The lowest BCUT2D eigenvalue weighted by Gasteiger charge is -2.16. The summed E-state index contributed by atoms with van der Waals surface area (Å²) in [5, 5.41) is 28.1. The SMILES string of the molecule is CCn1cnc([C@H]2O[C@@H](n3cnc4c(NC)nc(C(N)=O)nc43)[C@H](O)[C@@H]2O)n1. The number of nitrogens with two attached hydrogens (primary N) is 1. The van der Waals surface area contributed by atoms with E-state index in [0.717, 1.165) is 0 Å². The topological polar surface area (TPSA) is 179 Å². The van der Waals surface area contributed by atoms with E-state index in [9.17, 15) is 15.0 Å². The summed E-state index contributed by atoms with van der Waals surface area (Å²) >= 11 is 0. The molecule has 0 bridgehead atoms.